The SMILES string of the molecule is OCc1cc(F)c(Br)c2ccsc12. The van der Waals surface area contributed by atoms with E-state index in [1.807, 2.05) is 11.4 Å². The topological polar surface area (TPSA) is 20.2 Å². The number of aliphatic hydroxyl groups is 1. The molecule has 1 aromatic heterocycles. The number of rotatable bonds is 1. The van der Waals surface area contributed by atoms with Crippen molar-refractivity contribution in [3.05, 3.63) is 33.4 Å². The molecule has 0 atom stereocenters. The van der Waals surface area contributed by atoms with Crippen molar-refractivity contribution in [2.24, 2.45) is 0 Å². The first kappa shape index (κ1) is 9.12. The lowest BCUT2D eigenvalue weighted by Crippen LogP contribution is -1.87. The van der Waals surface area contributed by atoms with E-state index < -0.39 is 0 Å². The van der Waals surface area contributed by atoms with Gasteiger partial charge in [0.1, 0.15) is 5.82 Å². The van der Waals surface area contributed by atoms with Crippen molar-refractivity contribution < 1.29 is 9.50 Å². The van der Waals surface area contributed by atoms with Crippen molar-refractivity contribution in [2.75, 3.05) is 0 Å². The molecule has 0 aliphatic heterocycles. The van der Waals surface area contributed by atoms with Gasteiger partial charge >= 0.3 is 0 Å². The van der Waals surface area contributed by atoms with Gasteiger partial charge in [-0.3, -0.25) is 0 Å². The summed E-state index contributed by atoms with van der Waals surface area (Å²) in [7, 11) is 0. The van der Waals surface area contributed by atoms with Gasteiger partial charge in [-0.1, -0.05) is 0 Å². The lowest BCUT2D eigenvalue weighted by molar-refractivity contribution is 0.283. The van der Waals surface area contributed by atoms with E-state index in [9.17, 15) is 4.39 Å². The third kappa shape index (κ3) is 1.39. The van der Waals surface area contributed by atoms with E-state index in [2.05, 4.69) is 15.9 Å². The minimum absolute atomic E-state index is 0.124. The summed E-state index contributed by atoms with van der Waals surface area (Å²) in [5, 5.41) is 11.7. The van der Waals surface area contributed by atoms with Crippen LogP contribution in [-0.4, -0.2) is 5.11 Å². The van der Waals surface area contributed by atoms with Crippen molar-refractivity contribution in [3.63, 3.8) is 0 Å². The highest BCUT2D eigenvalue weighted by Gasteiger charge is 2.10. The average molecular weight is 261 g/mol. The van der Waals surface area contributed by atoms with Crippen molar-refractivity contribution in [2.45, 2.75) is 6.61 Å². The molecule has 0 spiro atoms. The van der Waals surface area contributed by atoms with Gasteiger partial charge in [-0.2, -0.15) is 0 Å². The molecule has 0 bridgehead atoms. The Labute approximate surface area is 86.9 Å². The van der Waals surface area contributed by atoms with Gasteiger partial charge in [0, 0.05) is 10.1 Å². The first-order chi connectivity index (χ1) is 6.24. The summed E-state index contributed by atoms with van der Waals surface area (Å²) in [6.07, 6.45) is 0. The summed E-state index contributed by atoms with van der Waals surface area (Å²) in [5.41, 5.74) is 0.644. The van der Waals surface area contributed by atoms with Gasteiger partial charge in [0.05, 0.1) is 11.1 Å². The molecule has 68 valence electrons. The number of benzene rings is 1. The zero-order valence-electron chi connectivity index (χ0n) is 6.55. The molecule has 0 fully saturated rings. The minimum atomic E-state index is -0.324. The van der Waals surface area contributed by atoms with E-state index in [0.717, 1.165) is 10.1 Å². The molecule has 0 saturated carbocycles. The highest BCUT2D eigenvalue weighted by molar-refractivity contribution is 9.10. The van der Waals surface area contributed by atoms with Gasteiger partial charge in [-0.05, 0) is 39.0 Å². The average Bonchev–Trinajstić information content (AvgIpc) is 2.60. The third-order valence-corrected chi connectivity index (χ3v) is 3.67. The maximum absolute atomic E-state index is 13.2. The predicted octanol–water partition coefficient (Wildman–Crippen LogP) is 3.30. The van der Waals surface area contributed by atoms with Crippen LogP contribution >= 0.6 is 27.3 Å². The Balaban J connectivity index is 2.87. The smallest absolute Gasteiger partial charge is 0.138 e. The van der Waals surface area contributed by atoms with Gasteiger partial charge in [0.2, 0.25) is 0 Å². The van der Waals surface area contributed by atoms with Crippen molar-refractivity contribution in [3.8, 4) is 0 Å². The zero-order chi connectivity index (χ0) is 9.42. The normalized spacial score (nSPS) is 11.0. The molecule has 1 aromatic carbocycles. The summed E-state index contributed by atoms with van der Waals surface area (Å²) in [6.45, 7) is -0.124. The number of thiophene rings is 1. The van der Waals surface area contributed by atoms with E-state index in [1.165, 1.54) is 17.4 Å². The van der Waals surface area contributed by atoms with E-state index in [0.29, 0.717) is 10.0 Å². The second-order valence-electron chi connectivity index (χ2n) is 2.65. The van der Waals surface area contributed by atoms with Crippen LogP contribution in [0.3, 0.4) is 0 Å². The van der Waals surface area contributed by atoms with E-state index in [4.69, 9.17) is 5.11 Å². The molecule has 0 aliphatic rings. The van der Waals surface area contributed by atoms with Crippen molar-refractivity contribution in [1.82, 2.24) is 0 Å². The van der Waals surface area contributed by atoms with Gasteiger partial charge in [-0.15, -0.1) is 11.3 Å². The second-order valence-corrected chi connectivity index (χ2v) is 4.36. The van der Waals surface area contributed by atoms with Crippen LogP contribution in [0.25, 0.3) is 10.1 Å². The number of halogens is 2. The lowest BCUT2D eigenvalue weighted by atomic mass is 10.2. The molecule has 1 nitrogen and oxygen atoms in total. The molecule has 1 heterocycles. The van der Waals surface area contributed by atoms with Gasteiger partial charge < -0.3 is 5.11 Å². The maximum atomic E-state index is 13.2. The zero-order valence-corrected chi connectivity index (χ0v) is 8.95. The number of aliphatic hydroxyl groups excluding tert-OH is 1. The quantitative estimate of drug-likeness (QED) is 0.835. The largest absolute Gasteiger partial charge is 0.392 e. The van der Waals surface area contributed by atoms with Crippen LogP contribution in [0.1, 0.15) is 5.56 Å². The second kappa shape index (κ2) is 3.36. The van der Waals surface area contributed by atoms with Crippen molar-refractivity contribution >= 4 is 37.4 Å². The van der Waals surface area contributed by atoms with Crippen LogP contribution in [0.4, 0.5) is 4.39 Å². The van der Waals surface area contributed by atoms with Crippen LogP contribution in [0.2, 0.25) is 0 Å². The highest BCUT2D eigenvalue weighted by atomic mass is 79.9. The molecule has 1 N–H and O–H groups in total. The fourth-order valence-corrected chi connectivity index (χ4v) is 2.75. The van der Waals surface area contributed by atoms with Gasteiger partial charge in [0.25, 0.3) is 0 Å². The van der Waals surface area contributed by atoms with E-state index in [-0.39, 0.29) is 12.4 Å². The Morgan fingerprint density at radius 3 is 3.00 bits per heavy atom. The van der Waals surface area contributed by atoms with Crippen LogP contribution in [0.15, 0.2) is 22.0 Å². The third-order valence-electron chi connectivity index (χ3n) is 1.87. The molecule has 0 saturated heterocycles. The fourth-order valence-electron chi connectivity index (χ4n) is 1.26. The van der Waals surface area contributed by atoms with Crippen LogP contribution in [-0.2, 0) is 6.61 Å². The molecule has 0 aliphatic carbocycles. The molecule has 2 rings (SSSR count). The molecule has 2 aromatic rings. The molecule has 0 amide bonds. The molecule has 0 unspecified atom stereocenters. The Hall–Kier alpha value is -0.450. The summed E-state index contributed by atoms with van der Waals surface area (Å²) in [6, 6.07) is 3.20. The highest BCUT2D eigenvalue weighted by Crippen LogP contribution is 2.33. The molecular formula is C9H6BrFOS. The standard InChI is InChI=1S/C9H6BrFOS/c10-8-6-1-2-13-9(6)5(4-12)3-7(8)11/h1-3,12H,4H2. The predicted molar refractivity (Wildman–Crippen MR) is 55.4 cm³/mol. The van der Waals surface area contributed by atoms with Gasteiger partial charge in [-0.25, -0.2) is 4.39 Å². The van der Waals surface area contributed by atoms with Crippen molar-refractivity contribution in [1.29, 1.82) is 0 Å². The maximum Gasteiger partial charge on any atom is 0.138 e. The monoisotopic (exact) mass is 260 g/mol. The summed E-state index contributed by atoms with van der Waals surface area (Å²) >= 11 is 4.68. The summed E-state index contributed by atoms with van der Waals surface area (Å²) in [4.78, 5) is 0. The van der Waals surface area contributed by atoms with Crippen LogP contribution in [0.5, 0.6) is 0 Å². The van der Waals surface area contributed by atoms with Gasteiger partial charge in [0.15, 0.2) is 0 Å². The van der Waals surface area contributed by atoms with Crippen LogP contribution in [0, 0.1) is 5.82 Å². The Morgan fingerprint density at radius 1 is 1.54 bits per heavy atom. The van der Waals surface area contributed by atoms with E-state index in [1.54, 1.807) is 0 Å². The van der Waals surface area contributed by atoms with E-state index >= 15 is 0 Å². The first-order valence-corrected chi connectivity index (χ1v) is 5.36. The molecule has 13 heavy (non-hydrogen) atoms. The fraction of sp³-hybridized carbons (Fsp3) is 0.111. The molecular weight excluding hydrogens is 255 g/mol. The Morgan fingerprint density at radius 2 is 2.31 bits per heavy atom. The molecule has 4 heteroatoms. The Kier molecular flexibility index (Phi) is 2.36. The lowest BCUT2D eigenvalue weighted by Gasteiger charge is -2.01. The number of fused-ring (bicyclic) bond motifs is 1. The summed E-state index contributed by atoms with van der Waals surface area (Å²) in [5.74, 6) is -0.324. The van der Waals surface area contributed by atoms with Crippen LogP contribution < -0.4 is 0 Å². The summed E-state index contributed by atoms with van der Waals surface area (Å²) < 4.78 is 14.6. The minimum Gasteiger partial charge on any atom is -0.392 e. The molecule has 0 radical (unpaired) electrons. The number of hydrogen-bond donors (Lipinski definition) is 1. The number of hydrogen-bond acceptors (Lipinski definition) is 2. The Bertz CT molecular complexity index is 452. The first-order valence-electron chi connectivity index (χ1n) is 3.69.